The number of anilines is 2. The number of nitrogens with zero attached hydrogens (tertiary/aromatic N) is 1. The van der Waals surface area contributed by atoms with Gasteiger partial charge in [0.2, 0.25) is 0 Å². The molecule has 500 valence electrons. The van der Waals surface area contributed by atoms with Gasteiger partial charge in [-0.15, -0.1) is 0 Å². The number of nitrogens with two attached hydrogens (primary N) is 1. The Balaban J connectivity index is 0.000000155. The van der Waals surface area contributed by atoms with Gasteiger partial charge >= 0.3 is 0 Å². The van der Waals surface area contributed by atoms with Crippen molar-refractivity contribution in [1.29, 1.82) is 0 Å². The molecule has 9 aromatic carbocycles. The second kappa shape index (κ2) is 30.4. The van der Waals surface area contributed by atoms with Crippen LogP contribution >= 0.6 is 0 Å². The normalized spacial score (nSPS) is 17.9. The van der Waals surface area contributed by atoms with Crippen LogP contribution in [0.15, 0.2) is 271 Å². The zero-order valence-electron chi connectivity index (χ0n) is 61.6. The lowest BCUT2D eigenvalue weighted by molar-refractivity contribution is 0.569. The molecule has 3 unspecified atom stereocenters. The number of aryl methyl sites for hydroxylation is 2. The van der Waals surface area contributed by atoms with E-state index >= 15 is 0 Å². The maximum atomic E-state index is 5.95. The van der Waals surface area contributed by atoms with E-state index in [0.717, 1.165) is 24.8 Å². The Hall–Kier alpha value is -9.08. The fourth-order valence-electron chi connectivity index (χ4n) is 16.5. The SMILES string of the molecule is C=CC1=C(CCC)C2=C(C=C(C)CC2)C1(C)C.CC.CC.CC1C=CC(c2cc(-c3cccc(CN)c3)ccc2N(C)c2ccc3c(c2)C(C)(C)C2=C3CCC=C2)=CC1.Cc1ccccc1-c1cc(-c2ccc(-c3ccc4c5c(cccc35)C(c3ccccc3)C4C)cc2)ccc1C. The number of allylic oxidation sites excluding steroid dienone is 15. The fourth-order valence-corrected chi connectivity index (χ4v) is 16.5. The van der Waals surface area contributed by atoms with E-state index in [1.807, 2.05) is 27.7 Å². The maximum Gasteiger partial charge on any atom is 0.0488 e. The fraction of sp³-hybridized carbons (Fsp3) is 0.292. The monoisotopic (exact) mass is 1290 g/mol. The van der Waals surface area contributed by atoms with E-state index in [0.29, 0.717) is 24.3 Å². The third-order valence-corrected chi connectivity index (χ3v) is 21.7. The first kappa shape index (κ1) is 70.2. The largest absolute Gasteiger partial charge is 0.344 e. The highest BCUT2D eigenvalue weighted by molar-refractivity contribution is 6.03. The highest BCUT2D eigenvalue weighted by Crippen LogP contribution is 2.55. The van der Waals surface area contributed by atoms with Crippen molar-refractivity contribution in [3.63, 3.8) is 0 Å². The van der Waals surface area contributed by atoms with E-state index in [4.69, 9.17) is 5.73 Å². The summed E-state index contributed by atoms with van der Waals surface area (Å²) in [5, 5.41) is 2.81. The molecule has 0 spiro atoms. The molecular formula is C96H106N2. The predicted octanol–water partition coefficient (Wildman–Crippen LogP) is 27.1. The van der Waals surface area contributed by atoms with E-state index in [1.54, 1.807) is 16.7 Å². The Morgan fingerprint density at radius 2 is 1.24 bits per heavy atom. The molecule has 0 saturated carbocycles. The Bertz CT molecular complexity index is 4650. The summed E-state index contributed by atoms with van der Waals surface area (Å²) in [6.07, 6.45) is 24.5. The second-order valence-corrected chi connectivity index (χ2v) is 28.5. The van der Waals surface area contributed by atoms with Gasteiger partial charge in [0.15, 0.2) is 0 Å². The van der Waals surface area contributed by atoms with E-state index in [9.17, 15) is 0 Å². The van der Waals surface area contributed by atoms with Crippen molar-refractivity contribution in [1.82, 2.24) is 0 Å². The maximum absolute atomic E-state index is 5.95. The summed E-state index contributed by atoms with van der Waals surface area (Å²) in [7, 11) is 2.21. The van der Waals surface area contributed by atoms with Crippen LogP contribution in [0.4, 0.5) is 11.4 Å². The molecule has 2 N–H and O–H groups in total. The van der Waals surface area contributed by atoms with Gasteiger partial charge in [0.1, 0.15) is 0 Å². The summed E-state index contributed by atoms with van der Waals surface area (Å²) in [6, 6.07) is 69.8. The minimum absolute atomic E-state index is 0.0317. The van der Waals surface area contributed by atoms with E-state index < -0.39 is 0 Å². The van der Waals surface area contributed by atoms with Crippen LogP contribution in [0.25, 0.3) is 66.4 Å². The molecule has 6 aliphatic rings. The predicted molar refractivity (Wildman–Crippen MR) is 429 cm³/mol. The quantitative estimate of drug-likeness (QED) is 0.132. The molecule has 0 heterocycles. The van der Waals surface area contributed by atoms with Gasteiger partial charge in [-0.05, 0) is 246 Å². The van der Waals surface area contributed by atoms with Crippen LogP contribution in [0.3, 0.4) is 0 Å². The van der Waals surface area contributed by atoms with Gasteiger partial charge in [-0.25, -0.2) is 0 Å². The van der Waals surface area contributed by atoms with Crippen molar-refractivity contribution in [2.45, 2.75) is 166 Å². The van der Waals surface area contributed by atoms with Gasteiger partial charge in [-0.2, -0.15) is 0 Å². The lowest BCUT2D eigenvalue weighted by atomic mass is 9.78. The summed E-state index contributed by atoms with van der Waals surface area (Å²) in [4.78, 5) is 2.37. The minimum atomic E-state index is 0.0317. The highest BCUT2D eigenvalue weighted by Gasteiger charge is 2.39. The van der Waals surface area contributed by atoms with Crippen molar-refractivity contribution >= 4 is 33.3 Å². The first-order valence-electron chi connectivity index (χ1n) is 36.7. The van der Waals surface area contributed by atoms with Gasteiger partial charge in [0.25, 0.3) is 0 Å². The molecule has 0 radical (unpaired) electrons. The highest BCUT2D eigenvalue weighted by atomic mass is 15.1. The molecule has 2 heteroatoms. The molecule has 2 nitrogen and oxygen atoms in total. The van der Waals surface area contributed by atoms with Crippen LogP contribution < -0.4 is 10.6 Å². The van der Waals surface area contributed by atoms with Crippen molar-refractivity contribution in [2.75, 3.05) is 11.9 Å². The molecule has 0 saturated heterocycles. The summed E-state index contributed by atoms with van der Waals surface area (Å²) < 4.78 is 0. The third-order valence-electron chi connectivity index (χ3n) is 21.7. The van der Waals surface area contributed by atoms with Crippen LogP contribution in [0.1, 0.15) is 190 Å². The number of rotatable bonds is 12. The summed E-state index contributed by atoms with van der Waals surface area (Å²) in [6.45, 7) is 35.6. The lowest BCUT2D eigenvalue weighted by Crippen LogP contribution is -2.18. The second-order valence-electron chi connectivity index (χ2n) is 28.5. The summed E-state index contributed by atoms with van der Waals surface area (Å²) in [5.41, 5.74) is 43.1. The molecule has 0 amide bonds. The summed E-state index contributed by atoms with van der Waals surface area (Å²) >= 11 is 0. The number of hydrogen-bond donors (Lipinski definition) is 1. The van der Waals surface area contributed by atoms with Crippen molar-refractivity contribution in [3.8, 4) is 44.5 Å². The van der Waals surface area contributed by atoms with Crippen molar-refractivity contribution < 1.29 is 0 Å². The molecule has 6 aliphatic carbocycles. The van der Waals surface area contributed by atoms with E-state index in [2.05, 4.69) is 318 Å². The molecule has 15 rings (SSSR count). The van der Waals surface area contributed by atoms with Gasteiger partial charge in [-0.3, -0.25) is 0 Å². The number of benzene rings is 9. The number of hydrogen-bond acceptors (Lipinski definition) is 2. The van der Waals surface area contributed by atoms with E-state index in [1.165, 1.54) is 165 Å². The molecule has 0 aromatic heterocycles. The first-order chi connectivity index (χ1) is 47.5. The molecule has 0 aliphatic heterocycles. The Kier molecular flexibility index (Phi) is 21.8. The van der Waals surface area contributed by atoms with Crippen molar-refractivity contribution in [3.05, 3.63) is 321 Å². The molecule has 0 fully saturated rings. The van der Waals surface area contributed by atoms with Crippen LogP contribution in [-0.2, 0) is 12.0 Å². The van der Waals surface area contributed by atoms with Gasteiger partial charge in [0.05, 0.1) is 0 Å². The van der Waals surface area contributed by atoms with Crippen molar-refractivity contribution in [2.24, 2.45) is 17.1 Å². The Morgan fingerprint density at radius 3 is 1.97 bits per heavy atom. The molecule has 3 atom stereocenters. The first-order valence-corrected chi connectivity index (χ1v) is 36.7. The topological polar surface area (TPSA) is 29.3 Å². The molecule has 9 aromatic rings. The van der Waals surface area contributed by atoms with Crippen LogP contribution in [-0.4, -0.2) is 7.05 Å². The summed E-state index contributed by atoms with van der Waals surface area (Å²) in [5.74, 6) is 1.45. The minimum Gasteiger partial charge on any atom is -0.344 e. The van der Waals surface area contributed by atoms with Gasteiger partial charge < -0.3 is 10.6 Å². The molecule has 0 bridgehead atoms. The van der Waals surface area contributed by atoms with Crippen LogP contribution in [0, 0.1) is 25.2 Å². The smallest absolute Gasteiger partial charge is 0.0488 e. The molecular weight excluding hydrogens is 1180 g/mol. The zero-order valence-corrected chi connectivity index (χ0v) is 61.6. The van der Waals surface area contributed by atoms with E-state index in [-0.39, 0.29) is 10.8 Å². The molecule has 98 heavy (non-hydrogen) atoms. The third kappa shape index (κ3) is 13.6. The average molecular weight is 1290 g/mol. The van der Waals surface area contributed by atoms with Crippen LogP contribution in [0.5, 0.6) is 0 Å². The average Bonchev–Trinajstić information content (AvgIpc) is 1.57. The van der Waals surface area contributed by atoms with Gasteiger partial charge in [-0.1, -0.05) is 289 Å². The van der Waals surface area contributed by atoms with Gasteiger partial charge in [0, 0.05) is 47.3 Å². The Labute approximate surface area is 589 Å². The standard InChI is InChI=1S/C39H32.C36H38N2.C17H24.2C2H6/c1-25-10-7-8-13-32(25)37-24-31(17-16-26(37)2)28-18-20-29(21-19-28)34-23-22-33-27(3)38(30-11-5-4-6-12-30)36-15-9-14-35(34)39(33)36;1-24-12-14-26(15-13-24)32-21-28(27-9-7-8-25(20-27)23-37)16-19-35(32)38(4)29-17-18-31-30-10-5-6-11-33(30)36(2,3)34(31)22-29;1-6-8-13-14-10-9-12(3)11-16(14)17(4,5)15(13)7-2;2*1-2/h4-24,27,38H,1-3H3;6-9,11-12,14-22,24H,5,10,13,23,37H2,1-4H3;7,11H,2,6,8-10H2,1,3-5H3;2*1-2H3. The zero-order chi connectivity index (χ0) is 69.6. The van der Waals surface area contributed by atoms with Crippen LogP contribution in [0.2, 0.25) is 0 Å². The number of fused-ring (bicyclic) bond motifs is 2. The lowest BCUT2D eigenvalue weighted by Gasteiger charge is -2.28. The Morgan fingerprint density at radius 1 is 0.571 bits per heavy atom.